The average Bonchev–Trinajstić information content (AvgIpc) is 2.88. The highest BCUT2D eigenvalue weighted by Gasteiger charge is 2.15. The second kappa shape index (κ2) is 6.50. The van der Waals surface area contributed by atoms with Gasteiger partial charge in [-0.05, 0) is 18.9 Å². The van der Waals surface area contributed by atoms with Crippen LogP contribution in [-0.2, 0) is 16.1 Å². The van der Waals surface area contributed by atoms with Crippen LogP contribution in [0.1, 0.15) is 31.2 Å². The van der Waals surface area contributed by atoms with Crippen molar-refractivity contribution in [2.45, 2.75) is 38.3 Å². The van der Waals surface area contributed by atoms with Gasteiger partial charge in [0.25, 0.3) is 0 Å². The van der Waals surface area contributed by atoms with Gasteiger partial charge in [0.1, 0.15) is 12.4 Å². The van der Waals surface area contributed by atoms with Crippen LogP contribution in [-0.4, -0.2) is 18.6 Å². The first-order valence-electron chi connectivity index (χ1n) is 6.38. The molecular weight excluding hydrogens is 233 g/mol. The number of ether oxygens (including phenoxy) is 1. The number of rotatable bonds is 5. The number of benzene rings is 1. The zero-order valence-electron chi connectivity index (χ0n) is 10.3. The van der Waals surface area contributed by atoms with Crippen LogP contribution in [0, 0.1) is 5.82 Å². The summed E-state index contributed by atoms with van der Waals surface area (Å²) >= 11 is 0. The van der Waals surface area contributed by atoms with Crippen molar-refractivity contribution in [2.75, 3.05) is 6.54 Å². The van der Waals surface area contributed by atoms with E-state index >= 15 is 0 Å². The van der Waals surface area contributed by atoms with Crippen LogP contribution in [0.4, 0.5) is 4.39 Å². The molecule has 2 rings (SSSR count). The Bertz CT molecular complexity index is 403. The quantitative estimate of drug-likeness (QED) is 0.817. The number of hydrogen-bond acceptors (Lipinski definition) is 3. The van der Waals surface area contributed by atoms with Crippen molar-refractivity contribution >= 4 is 5.97 Å². The predicted octanol–water partition coefficient (Wildman–Crippen LogP) is 2.40. The summed E-state index contributed by atoms with van der Waals surface area (Å²) in [7, 11) is 0. The fourth-order valence-electron chi connectivity index (χ4n) is 2.18. The molecule has 18 heavy (non-hydrogen) atoms. The lowest BCUT2D eigenvalue weighted by Gasteiger charge is -2.11. The Balaban J connectivity index is 1.69. The lowest BCUT2D eigenvalue weighted by atomic mass is 10.2. The van der Waals surface area contributed by atoms with Gasteiger partial charge in [-0.2, -0.15) is 0 Å². The van der Waals surface area contributed by atoms with Gasteiger partial charge in [0.15, 0.2) is 0 Å². The van der Waals surface area contributed by atoms with Crippen molar-refractivity contribution in [1.82, 2.24) is 5.32 Å². The van der Waals surface area contributed by atoms with E-state index in [1.807, 2.05) is 0 Å². The van der Waals surface area contributed by atoms with Crippen LogP contribution in [0.2, 0.25) is 0 Å². The maximum atomic E-state index is 13.3. The number of hydrogen-bond donors (Lipinski definition) is 1. The van der Waals surface area contributed by atoms with Crippen molar-refractivity contribution in [3.63, 3.8) is 0 Å². The largest absolute Gasteiger partial charge is 0.460 e. The molecule has 3 nitrogen and oxygen atoms in total. The molecule has 0 heterocycles. The minimum Gasteiger partial charge on any atom is -0.460 e. The Hall–Kier alpha value is -1.42. The summed E-state index contributed by atoms with van der Waals surface area (Å²) in [4.78, 5) is 11.5. The molecule has 0 saturated heterocycles. The minimum atomic E-state index is -0.339. The molecule has 0 aromatic heterocycles. The summed E-state index contributed by atoms with van der Waals surface area (Å²) in [6.45, 7) is 0.205. The number of carbonyl (C=O) groups is 1. The number of carbonyl (C=O) groups excluding carboxylic acids is 1. The van der Waals surface area contributed by atoms with Crippen molar-refractivity contribution in [3.8, 4) is 0 Å². The number of esters is 1. The van der Waals surface area contributed by atoms with Crippen LogP contribution in [0.25, 0.3) is 0 Å². The third-order valence-electron chi connectivity index (χ3n) is 3.24. The highest BCUT2D eigenvalue weighted by atomic mass is 19.1. The summed E-state index contributed by atoms with van der Waals surface area (Å²) in [6, 6.07) is 6.75. The predicted molar refractivity (Wildman–Crippen MR) is 66.5 cm³/mol. The minimum absolute atomic E-state index is 0.00213. The molecule has 1 saturated carbocycles. The Morgan fingerprint density at radius 1 is 1.33 bits per heavy atom. The standard InChI is InChI=1S/C14H18FNO2/c15-13-8-4-1-5-11(13)10-18-14(17)9-16-12-6-2-3-7-12/h1,4-5,8,12,16H,2-3,6-7,9-10H2. The summed E-state index contributed by atoms with van der Waals surface area (Å²) in [5, 5.41) is 3.16. The molecule has 1 aliphatic rings. The first kappa shape index (κ1) is 13.0. The normalized spacial score (nSPS) is 15.8. The first-order valence-corrected chi connectivity index (χ1v) is 6.38. The maximum Gasteiger partial charge on any atom is 0.320 e. The Kier molecular flexibility index (Phi) is 4.70. The fourth-order valence-corrected chi connectivity index (χ4v) is 2.18. The van der Waals surface area contributed by atoms with Crippen LogP contribution in [0.15, 0.2) is 24.3 Å². The Labute approximate surface area is 106 Å². The molecule has 0 spiro atoms. The zero-order chi connectivity index (χ0) is 12.8. The van der Waals surface area contributed by atoms with Crippen LogP contribution in [0.3, 0.4) is 0 Å². The van der Waals surface area contributed by atoms with Gasteiger partial charge in [-0.1, -0.05) is 31.0 Å². The van der Waals surface area contributed by atoms with Crippen LogP contribution < -0.4 is 5.32 Å². The summed E-state index contributed by atoms with van der Waals surface area (Å²) < 4.78 is 18.3. The molecule has 1 aliphatic carbocycles. The summed E-state index contributed by atoms with van der Waals surface area (Å²) in [5.74, 6) is -0.667. The third kappa shape index (κ3) is 3.81. The van der Waals surface area contributed by atoms with E-state index in [-0.39, 0.29) is 24.9 Å². The molecule has 4 heteroatoms. The van der Waals surface area contributed by atoms with E-state index < -0.39 is 0 Å². The van der Waals surface area contributed by atoms with Crippen LogP contribution >= 0.6 is 0 Å². The zero-order valence-corrected chi connectivity index (χ0v) is 10.3. The Morgan fingerprint density at radius 2 is 2.06 bits per heavy atom. The molecule has 0 bridgehead atoms. The van der Waals surface area contributed by atoms with E-state index in [0.717, 1.165) is 12.8 Å². The Morgan fingerprint density at radius 3 is 2.78 bits per heavy atom. The average molecular weight is 251 g/mol. The van der Waals surface area contributed by atoms with E-state index in [1.54, 1.807) is 18.2 Å². The smallest absolute Gasteiger partial charge is 0.320 e. The van der Waals surface area contributed by atoms with Gasteiger partial charge >= 0.3 is 5.97 Å². The molecule has 1 fully saturated rings. The summed E-state index contributed by atoms with van der Waals surface area (Å²) in [5.41, 5.74) is 0.409. The van der Waals surface area contributed by atoms with E-state index in [4.69, 9.17) is 4.74 Å². The molecule has 0 aliphatic heterocycles. The first-order chi connectivity index (χ1) is 8.75. The molecule has 1 aromatic rings. The van der Waals surface area contributed by atoms with E-state index in [1.165, 1.54) is 18.9 Å². The topological polar surface area (TPSA) is 38.3 Å². The highest BCUT2D eigenvalue weighted by Crippen LogP contribution is 2.17. The maximum absolute atomic E-state index is 13.3. The van der Waals surface area contributed by atoms with Gasteiger partial charge in [-0.15, -0.1) is 0 Å². The van der Waals surface area contributed by atoms with Gasteiger partial charge < -0.3 is 10.1 Å². The van der Waals surface area contributed by atoms with E-state index in [9.17, 15) is 9.18 Å². The molecule has 0 amide bonds. The second-order valence-electron chi connectivity index (χ2n) is 4.61. The number of nitrogens with one attached hydrogen (secondary N) is 1. The van der Waals surface area contributed by atoms with E-state index in [2.05, 4.69) is 5.32 Å². The van der Waals surface area contributed by atoms with Crippen LogP contribution in [0.5, 0.6) is 0 Å². The molecular formula is C14H18FNO2. The van der Waals surface area contributed by atoms with Gasteiger partial charge in [0.05, 0.1) is 6.54 Å². The van der Waals surface area contributed by atoms with Crippen molar-refractivity contribution in [1.29, 1.82) is 0 Å². The van der Waals surface area contributed by atoms with Gasteiger partial charge in [0.2, 0.25) is 0 Å². The monoisotopic (exact) mass is 251 g/mol. The molecule has 1 N–H and O–H groups in total. The molecule has 0 unspecified atom stereocenters. The third-order valence-corrected chi connectivity index (χ3v) is 3.24. The SMILES string of the molecule is O=C(CNC1CCCC1)OCc1ccccc1F. The molecule has 98 valence electrons. The van der Waals surface area contributed by atoms with Crippen molar-refractivity contribution in [2.24, 2.45) is 0 Å². The fraction of sp³-hybridized carbons (Fsp3) is 0.500. The second-order valence-corrected chi connectivity index (χ2v) is 4.61. The lowest BCUT2D eigenvalue weighted by Crippen LogP contribution is -2.32. The van der Waals surface area contributed by atoms with Gasteiger partial charge in [-0.25, -0.2) is 4.39 Å². The highest BCUT2D eigenvalue weighted by molar-refractivity contribution is 5.71. The van der Waals surface area contributed by atoms with Gasteiger partial charge in [0, 0.05) is 11.6 Å². The van der Waals surface area contributed by atoms with Gasteiger partial charge in [-0.3, -0.25) is 4.79 Å². The van der Waals surface area contributed by atoms with Crippen molar-refractivity contribution in [3.05, 3.63) is 35.6 Å². The summed E-state index contributed by atoms with van der Waals surface area (Å²) in [6.07, 6.45) is 4.70. The lowest BCUT2D eigenvalue weighted by molar-refractivity contribution is -0.144. The number of halogens is 1. The van der Waals surface area contributed by atoms with Crippen molar-refractivity contribution < 1.29 is 13.9 Å². The molecule has 0 radical (unpaired) electrons. The molecule has 1 aromatic carbocycles. The van der Waals surface area contributed by atoms with E-state index in [0.29, 0.717) is 11.6 Å². The molecule has 0 atom stereocenters.